The summed E-state index contributed by atoms with van der Waals surface area (Å²) in [6.45, 7) is 3.42. The van der Waals surface area contributed by atoms with E-state index in [1.165, 1.54) is 114 Å². The van der Waals surface area contributed by atoms with Crippen LogP contribution in [0.1, 0.15) is 126 Å². The van der Waals surface area contributed by atoms with Crippen LogP contribution in [0.25, 0.3) is 0 Å². The molecular formula is C34H51NO7. The van der Waals surface area contributed by atoms with Gasteiger partial charge in [0.2, 0.25) is 0 Å². The summed E-state index contributed by atoms with van der Waals surface area (Å²) >= 11 is 0. The SMILES string of the molecule is CCCCCCCCCCCCCCCCCCOc1cc(OCCCOc2cccc([N+](=O)[O-])c2)cc(C(=O)O)c1. The smallest absolute Gasteiger partial charge is 0.335 e. The first-order valence-electron chi connectivity index (χ1n) is 16.0. The fourth-order valence-corrected chi connectivity index (χ4v) is 4.83. The normalized spacial score (nSPS) is 10.9. The molecule has 0 bridgehead atoms. The molecule has 0 saturated carbocycles. The summed E-state index contributed by atoms with van der Waals surface area (Å²) in [7, 11) is 0. The molecular weight excluding hydrogens is 534 g/mol. The van der Waals surface area contributed by atoms with Gasteiger partial charge in [-0.25, -0.2) is 4.79 Å². The quantitative estimate of drug-likeness (QED) is 0.0665. The molecule has 0 aromatic heterocycles. The second-order valence-electron chi connectivity index (χ2n) is 11.0. The predicted molar refractivity (Wildman–Crippen MR) is 167 cm³/mol. The van der Waals surface area contributed by atoms with Crippen LogP contribution in [0.15, 0.2) is 42.5 Å². The minimum atomic E-state index is -1.04. The van der Waals surface area contributed by atoms with Crippen molar-refractivity contribution in [2.45, 2.75) is 116 Å². The van der Waals surface area contributed by atoms with Crippen molar-refractivity contribution in [2.75, 3.05) is 19.8 Å². The number of carbonyl (C=O) groups is 1. The molecule has 2 aromatic rings. The Kier molecular flexibility index (Phi) is 18.6. The standard InChI is InChI=1S/C34H51NO7/c1-2-3-4-5-6-7-8-9-10-11-12-13-14-15-16-17-22-41-32-25-29(34(36)37)26-33(28-32)42-24-19-23-40-31-21-18-20-30(27-31)35(38)39/h18,20-21,25-28H,2-17,19,22-24H2,1H3,(H,36,37). The molecule has 1 N–H and O–H groups in total. The molecule has 0 aliphatic heterocycles. The van der Waals surface area contributed by atoms with Crippen LogP contribution in [0.3, 0.4) is 0 Å². The first kappa shape index (κ1) is 34.9. The Balaban J connectivity index is 1.54. The van der Waals surface area contributed by atoms with Crippen molar-refractivity contribution >= 4 is 11.7 Å². The largest absolute Gasteiger partial charge is 0.493 e. The molecule has 0 atom stereocenters. The van der Waals surface area contributed by atoms with Gasteiger partial charge in [-0.2, -0.15) is 0 Å². The van der Waals surface area contributed by atoms with Crippen LogP contribution in [0.4, 0.5) is 5.69 Å². The Morgan fingerprint density at radius 3 is 1.57 bits per heavy atom. The molecule has 0 aliphatic rings. The van der Waals surface area contributed by atoms with Crippen LogP contribution in [-0.2, 0) is 0 Å². The second-order valence-corrected chi connectivity index (χ2v) is 11.0. The van der Waals surface area contributed by atoms with Gasteiger partial charge in [-0.15, -0.1) is 0 Å². The lowest BCUT2D eigenvalue weighted by molar-refractivity contribution is -0.384. The highest BCUT2D eigenvalue weighted by molar-refractivity contribution is 5.88. The van der Waals surface area contributed by atoms with E-state index in [0.29, 0.717) is 43.5 Å². The molecule has 8 nitrogen and oxygen atoms in total. The van der Waals surface area contributed by atoms with Crippen molar-refractivity contribution in [1.82, 2.24) is 0 Å². The lowest BCUT2D eigenvalue weighted by Gasteiger charge is -2.12. The highest BCUT2D eigenvalue weighted by atomic mass is 16.6. The van der Waals surface area contributed by atoms with Gasteiger partial charge in [0.1, 0.15) is 17.2 Å². The zero-order valence-corrected chi connectivity index (χ0v) is 25.5. The summed E-state index contributed by atoms with van der Waals surface area (Å²) in [5.74, 6) is 0.287. The molecule has 0 radical (unpaired) electrons. The molecule has 0 aliphatic carbocycles. The summed E-state index contributed by atoms with van der Waals surface area (Å²) in [6.07, 6.45) is 21.5. The number of hydrogen-bond acceptors (Lipinski definition) is 6. The Bertz CT molecular complexity index is 1030. The van der Waals surface area contributed by atoms with E-state index in [0.717, 1.165) is 12.8 Å². The van der Waals surface area contributed by atoms with Crippen LogP contribution in [0.5, 0.6) is 17.2 Å². The third-order valence-corrected chi connectivity index (χ3v) is 7.25. The van der Waals surface area contributed by atoms with Crippen molar-refractivity contribution in [2.24, 2.45) is 0 Å². The molecule has 0 amide bonds. The third kappa shape index (κ3) is 16.2. The molecule has 0 spiro atoms. The molecule has 234 valence electrons. The molecule has 0 fully saturated rings. The minimum absolute atomic E-state index is 0.0265. The minimum Gasteiger partial charge on any atom is -0.493 e. The summed E-state index contributed by atoms with van der Waals surface area (Å²) < 4.78 is 17.2. The fourth-order valence-electron chi connectivity index (χ4n) is 4.83. The van der Waals surface area contributed by atoms with Crippen molar-refractivity contribution in [3.05, 3.63) is 58.1 Å². The van der Waals surface area contributed by atoms with E-state index in [-0.39, 0.29) is 11.3 Å². The first-order chi connectivity index (χ1) is 20.5. The second kappa shape index (κ2) is 22.3. The van der Waals surface area contributed by atoms with E-state index >= 15 is 0 Å². The highest BCUT2D eigenvalue weighted by Gasteiger charge is 2.10. The van der Waals surface area contributed by atoms with Gasteiger partial charge in [0, 0.05) is 18.6 Å². The van der Waals surface area contributed by atoms with E-state index in [1.807, 2.05) is 0 Å². The van der Waals surface area contributed by atoms with Crippen molar-refractivity contribution in [3.8, 4) is 17.2 Å². The van der Waals surface area contributed by atoms with Gasteiger partial charge in [0.25, 0.3) is 5.69 Å². The number of non-ortho nitro benzene ring substituents is 1. The maximum Gasteiger partial charge on any atom is 0.335 e. The average molecular weight is 586 g/mol. The number of nitro benzene ring substituents is 1. The Hall–Kier alpha value is -3.29. The monoisotopic (exact) mass is 585 g/mol. The number of carboxylic acids is 1. The lowest BCUT2D eigenvalue weighted by atomic mass is 10.0. The van der Waals surface area contributed by atoms with Crippen LogP contribution in [0, 0.1) is 10.1 Å². The van der Waals surface area contributed by atoms with Crippen molar-refractivity contribution in [3.63, 3.8) is 0 Å². The molecule has 8 heteroatoms. The van der Waals surface area contributed by atoms with Crippen LogP contribution in [0.2, 0.25) is 0 Å². The van der Waals surface area contributed by atoms with Gasteiger partial charge in [-0.1, -0.05) is 109 Å². The maximum absolute atomic E-state index is 11.6. The molecule has 0 heterocycles. The number of nitrogens with zero attached hydrogens (tertiary/aromatic N) is 1. The van der Waals surface area contributed by atoms with Gasteiger partial charge >= 0.3 is 5.97 Å². The number of benzene rings is 2. The van der Waals surface area contributed by atoms with E-state index in [2.05, 4.69) is 6.92 Å². The molecule has 42 heavy (non-hydrogen) atoms. The van der Waals surface area contributed by atoms with E-state index in [4.69, 9.17) is 14.2 Å². The number of ether oxygens (including phenoxy) is 3. The number of aromatic carboxylic acids is 1. The van der Waals surface area contributed by atoms with Gasteiger partial charge in [-0.3, -0.25) is 10.1 Å². The van der Waals surface area contributed by atoms with E-state index in [9.17, 15) is 20.0 Å². The first-order valence-corrected chi connectivity index (χ1v) is 16.0. The van der Waals surface area contributed by atoms with Crippen LogP contribution < -0.4 is 14.2 Å². The maximum atomic E-state index is 11.6. The van der Waals surface area contributed by atoms with E-state index in [1.54, 1.807) is 18.2 Å². The molecule has 2 rings (SSSR count). The van der Waals surface area contributed by atoms with Crippen molar-refractivity contribution in [1.29, 1.82) is 0 Å². The zero-order valence-electron chi connectivity index (χ0n) is 25.5. The fraction of sp³-hybridized carbons (Fsp3) is 0.618. The Morgan fingerprint density at radius 1 is 0.643 bits per heavy atom. The number of hydrogen-bond donors (Lipinski definition) is 1. The van der Waals surface area contributed by atoms with E-state index < -0.39 is 10.9 Å². The number of carboxylic acid groups (broad SMARTS) is 1. The molecule has 0 unspecified atom stereocenters. The zero-order chi connectivity index (χ0) is 30.3. The topological polar surface area (TPSA) is 108 Å². The highest BCUT2D eigenvalue weighted by Crippen LogP contribution is 2.24. The average Bonchev–Trinajstić information content (AvgIpc) is 2.98. The third-order valence-electron chi connectivity index (χ3n) is 7.25. The van der Waals surface area contributed by atoms with Crippen LogP contribution in [-0.4, -0.2) is 35.8 Å². The Morgan fingerprint density at radius 2 is 1.10 bits per heavy atom. The van der Waals surface area contributed by atoms with Crippen molar-refractivity contribution < 1.29 is 29.0 Å². The van der Waals surface area contributed by atoms with Gasteiger partial charge in [0.15, 0.2) is 0 Å². The summed E-state index contributed by atoms with van der Waals surface area (Å²) in [5, 5.41) is 20.4. The summed E-state index contributed by atoms with van der Waals surface area (Å²) in [4.78, 5) is 22.0. The predicted octanol–water partition coefficient (Wildman–Crippen LogP) is 9.78. The number of rotatable bonds is 26. The lowest BCUT2D eigenvalue weighted by Crippen LogP contribution is -2.06. The number of nitro groups is 1. The van der Waals surface area contributed by atoms with Gasteiger partial charge in [0.05, 0.1) is 36.4 Å². The Labute approximate surface area is 251 Å². The van der Waals surface area contributed by atoms with Crippen LogP contribution >= 0.6 is 0 Å². The van der Waals surface area contributed by atoms with Gasteiger partial charge < -0.3 is 19.3 Å². The summed E-state index contributed by atoms with van der Waals surface area (Å²) in [5.41, 5.74) is 0.0867. The van der Waals surface area contributed by atoms with Gasteiger partial charge in [-0.05, 0) is 24.6 Å². The summed E-state index contributed by atoms with van der Waals surface area (Å²) in [6, 6.07) is 10.7. The number of unbranched alkanes of at least 4 members (excludes halogenated alkanes) is 15. The molecule has 2 aromatic carbocycles. The molecule has 0 saturated heterocycles.